The molecule has 0 unspecified atom stereocenters. The van der Waals surface area contributed by atoms with Gasteiger partial charge in [0.1, 0.15) is 0 Å². The highest BCUT2D eigenvalue weighted by Crippen LogP contribution is 2.27. The van der Waals surface area contributed by atoms with Crippen LogP contribution in [0.2, 0.25) is 0 Å². The molecule has 0 aromatic rings. The van der Waals surface area contributed by atoms with E-state index in [1.54, 1.807) is 0 Å². The molecule has 1 heterocycles. The average Bonchev–Trinajstić information content (AvgIpc) is 2.58. The van der Waals surface area contributed by atoms with Crippen LogP contribution < -0.4 is 0 Å². The zero-order valence-corrected chi connectivity index (χ0v) is 6.01. The topological polar surface area (TPSA) is 6.48 Å². The fraction of sp³-hybridized carbons (Fsp3) is 1.00. The molecule has 0 aromatic carbocycles. The Kier molecular flexibility index (Phi) is 1.24. The molecule has 0 spiro atoms. The van der Waals surface area contributed by atoms with Gasteiger partial charge < -0.3 is 0 Å². The van der Waals surface area contributed by atoms with Gasteiger partial charge >= 0.3 is 0 Å². The van der Waals surface area contributed by atoms with E-state index in [9.17, 15) is 0 Å². The first kappa shape index (κ1) is 5.69. The maximum Gasteiger partial charge on any atom is 0.0507 e. The maximum absolute atomic E-state index is 2.58. The van der Waals surface area contributed by atoms with Crippen molar-refractivity contribution in [1.29, 1.82) is 0 Å². The minimum Gasteiger partial charge on any atom is -0.292 e. The van der Waals surface area contributed by atoms with E-state index in [0.717, 1.165) is 6.04 Å². The zero-order chi connectivity index (χ0) is 6.27. The smallest absolute Gasteiger partial charge is 0.0507 e. The predicted molar refractivity (Wildman–Crippen MR) is 37.2 cm³/mol. The van der Waals surface area contributed by atoms with Crippen LogP contribution in [0.4, 0.5) is 0 Å². The number of hydrogen-bond donors (Lipinski definition) is 0. The quantitative estimate of drug-likeness (QED) is 0.500. The van der Waals surface area contributed by atoms with Gasteiger partial charge in [0.15, 0.2) is 0 Å². The van der Waals surface area contributed by atoms with E-state index in [2.05, 4.69) is 16.8 Å². The summed E-state index contributed by atoms with van der Waals surface area (Å²) in [4.78, 5) is 4.97. The highest BCUT2D eigenvalue weighted by molar-refractivity contribution is 4.86. The van der Waals surface area contributed by atoms with Gasteiger partial charge in [-0.15, -0.1) is 0 Å². The van der Waals surface area contributed by atoms with E-state index in [-0.39, 0.29) is 0 Å². The van der Waals surface area contributed by atoms with Gasteiger partial charge in [-0.2, -0.15) is 0 Å². The minimum absolute atomic E-state index is 0.968. The first-order valence-electron chi connectivity index (χ1n) is 3.79. The highest BCUT2D eigenvalue weighted by atomic mass is 15.4. The molecule has 1 saturated carbocycles. The lowest BCUT2D eigenvalue weighted by atomic mass is 10.5. The predicted octanol–water partition coefficient (Wildman–Crippen LogP) is 0.354. The number of rotatable bonds is 1. The lowest BCUT2D eigenvalue weighted by Crippen LogP contribution is -2.24. The summed E-state index contributed by atoms with van der Waals surface area (Å²) in [5.41, 5.74) is 0. The third-order valence-electron chi connectivity index (χ3n) is 2.26. The molecule has 2 heteroatoms. The molecular formula is C7H14N2. The summed E-state index contributed by atoms with van der Waals surface area (Å²) in [5.74, 6) is 0. The summed E-state index contributed by atoms with van der Waals surface area (Å²) in [6, 6.07) is 0.968. The van der Waals surface area contributed by atoms with Gasteiger partial charge in [-0.1, -0.05) is 0 Å². The van der Waals surface area contributed by atoms with Gasteiger partial charge in [-0.25, -0.2) is 0 Å². The largest absolute Gasteiger partial charge is 0.292 e. The molecule has 9 heavy (non-hydrogen) atoms. The summed E-state index contributed by atoms with van der Waals surface area (Å²) in [7, 11) is 2.20. The van der Waals surface area contributed by atoms with E-state index in [4.69, 9.17) is 0 Å². The molecule has 0 amide bonds. The summed E-state index contributed by atoms with van der Waals surface area (Å²) >= 11 is 0. The van der Waals surface area contributed by atoms with E-state index < -0.39 is 0 Å². The van der Waals surface area contributed by atoms with Gasteiger partial charge in [0.05, 0.1) is 6.67 Å². The standard InChI is InChI=1S/C7H14N2/c1-8-4-5-9(6-8)7-2-3-7/h7H,2-6H2,1H3. The van der Waals surface area contributed by atoms with E-state index in [0.29, 0.717) is 0 Å². The van der Waals surface area contributed by atoms with Crippen molar-refractivity contribution in [2.45, 2.75) is 18.9 Å². The van der Waals surface area contributed by atoms with Crippen LogP contribution in [0, 0.1) is 0 Å². The minimum atomic E-state index is 0.968. The molecule has 0 N–H and O–H groups in total. The van der Waals surface area contributed by atoms with Crippen LogP contribution in [0.15, 0.2) is 0 Å². The molecule has 0 radical (unpaired) electrons. The number of hydrogen-bond acceptors (Lipinski definition) is 2. The van der Waals surface area contributed by atoms with Crippen LogP contribution in [-0.4, -0.2) is 42.6 Å². The summed E-state index contributed by atoms with van der Waals surface area (Å²) in [5, 5.41) is 0. The number of likely N-dealkylation sites (N-methyl/N-ethyl adjacent to an activating group) is 1. The molecule has 52 valence electrons. The highest BCUT2D eigenvalue weighted by Gasteiger charge is 2.31. The molecule has 1 aliphatic carbocycles. The zero-order valence-electron chi connectivity index (χ0n) is 6.01. The molecular weight excluding hydrogens is 112 g/mol. The maximum atomic E-state index is 2.58. The molecule has 2 aliphatic rings. The van der Waals surface area contributed by atoms with Gasteiger partial charge in [-0.05, 0) is 19.9 Å². The Morgan fingerprint density at radius 1 is 1.22 bits per heavy atom. The Bertz CT molecular complexity index is 109. The Labute approximate surface area is 56.4 Å². The Balaban J connectivity index is 1.86. The van der Waals surface area contributed by atoms with Crippen molar-refractivity contribution in [3.8, 4) is 0 Å². The van der Waals surface area contributed by atoms with Crippen molar-refractivity contribution in [2.75, 3.05) is 26.8 Å². The van der Waals surface area contributed by atoms with Crippen LogP contribution in [0.1, 0.15) is 12.8 Å². The SMILES string of the molecule is CN1CCN(C2CC2)C1. The van der Waals surface area contributed by atoms with E-state index >= 15 is 0 Å². The number of nitrogens with zero attached hydrogens (tertiary/aromatic N) is 2. The van der Waals surface area contributed by atoms with Crippen molar-refractivity contribution in [1.82, 2.24) is 9.80 Å². The second kappa shape index (κ2) is 1.96. The normalized spacial score (nSPS) is 31.7. The van der Waals surface area contributed by atoms with Gasteiger partial charge in [-0.3, -0.25) is 9.80 Å². The first-order valence-corrected chi connectivity index (χ1v) is 3.79. The summed E-state index contributed by atoms with van der Waals surface area (Å²) < 4.78 is 0. The fourth-order valence-electron chi connectivity index (χ4n) is 1.49. The monoisotopic (exact) mass is 126 g/mol. The van der Waals surface area contributed by atoms with Crippen LogP contribution in [0.5, 0.6) is 0 Å². The Morgan fingerprint density at radius 2 is 2.00 bits per heavy atom. The Hall–Kier alpha value is -0.0800. The molecule has 2 rings (SSSR count). The molecule has 1 aliphatic heterocycles. The van der Waals surface area contributed by atoms with Crippen LogP contribution in [0.25, 0.3) is 0 Å². The van der Waals surface area contributed by atoms with Crippen molar-refractivity contribution in [2.24, 2.45) is 0 Å². The fourth-order valence-corrected chi connectivity index (χ4v) is 1.49. The first-order chi connectivity index (χ1) is 4.36. The van der Waals surface area contributed by atoms with Gasteiger partial charge in [0.25, 0.3) is 0 Å². The third-order valence-corrected chi connectivity index (χ3v) is 2.26. The van der Waals surface area contributed by atoms with E-state index in [1.807, 2.05) is 0 Å². The summed E-state index contributed by atoms with van der Waals surface area (Å²) in [6.45, 7) is 3.79. The van der Waals surface area contributed by atoms with Crippen LogP contribution in [-0.2, 0) is 0 Å². The van der Waals surface area contributed by atoms with Gasteiger partial charge in [0.2, 0.25) is 0 Å². The second-order valence-corrected chi connectivity index (χ2v) is 3.26. The lowest BCUT2D eigenvalue weighted by molar-refractivity contribution is 0.266. The average molecular weight is 126 g/mol. The second-order valence-electron chi connectivity index (χ2n) is 3.26. The van der Waals surface area contributed by atoms with E-state index in [1.165, 1.54) is 32.6 Å². The van der Waals surface area contributed by atoms with Crippen LogP contribution >= 0.6 is 0 Å². The molecule has 0 atom stereocenters. The molecule has 0 bridgehead atoms. The van der Waals surface area contributed by atoms with Crippen LogP contribution in [0.3, 0.4) is 0 Å². The molecule has 1 saturated heterocycles. The van der Waals surface area contributed by atoms with Crippen molar-refractivity contribution in [3.05, 3.63) is 0 Å². The van der Waals surface area contributed by atoms with Crippen molar-refractivity contribution >= 4 is 0 Å². The summed E-state index contributed by atoms with van der Waals surface area (Å²) in [6.07, 6.45) is 2.90. The van der Waals surface area contributed by atoms with Gasteiger partial charge in [0, 0.05) is 19.1 Å². The molecule has 2 fully saturated rings. The third kappa shape index (κ3) is 1.10. The molecule has 2 nitrogen and oxygen atoms in total. The molecule has 0 aromatic heterocycles. The lowest BCUT2D eigenvalue weighted by Gasteiger charge is -2.12. The van der Waals surface area contributed by atoms with Crippen molar-refractivity contribution in [3.63, 3.8) is 0 Å². The Morgan fingerprint density at radius 3 is 2.44 bits per heavy atom. The van der Waals surface area contributed by atoms with Crippen molar-refractivity contribution < 1.29 is 0 Å².